The van der Waals surface area contributed by atoms with E-state index in [0.29, 0.717) is 5.69 Å². The zero-order valence-electron chi connectivity index (χ0n) is 12.5. The molecule has 0 saturated carbocycles. The molecule has 0 radical (unpaired) electrons. The number of hydrogen-bond acceptors (Lipinski definition) is 3. The molecule has 1 aromatic rings. The zero-order valence-corrected chi connectivity index (χ0v) is 12.5. The summed E-state index contributed by atoms with van der Waals surface area (Å²) in [5, 5.41) is 3.24. The molecule has 0 atom stereocenters. The number of nitrogens with one attached hydrogen (secondary N) is 1. The van der Waals surface area contributed by atoms with E-state index < -0.39 is 5.82 Å². The van der Waals surface area contributed by atoms with Crippen LogP contribution in [0.1, 0.15) is 41.0 Å². The van der Waals surface area contributed by atoms with Crippen LogP contribution in [0.5, 0.6) is 5.75 Å². The normalized spacial score (nSPS) is 11.7. The molecule has 0 aliphatic rings. The fourth-order valence-electron chi connectivity index (χ4n) is 1.64. The van der Waals surface area contributed by atoms with E-state index in [0.717, 1.165) is 18.7 Å². The molecule has 0 amide bonds. The summed E-state index contributed by atoms with van der Waals surface area (Å²) in [6.45, 7) is 11.0. The van der Waals surface area contributed by atoms with Crippen molar-refractivity contribution in [3.63, 3.8) is 0 Å². The summed E-state index contributed by atoms with van der Waals surface area (Å²) in [7, 11) is 0. The Kier molecular flexibility index (Phi) is 5.04. The van der Waals surface area contributed by atoms with Gasteiger partial charge in [0.25, 0.3) is 0 Å². The van der Waals surface area contributed by atoms with Crippen LogP contribution in [0.4, 0.5) is 15.8 Å². The minimum Gasteiger partial charge on any atom is -0.488 e. The minimum atomic E-state index is -0.424. The molecule has 0 aromatic heterocycles. The second-order valence-corrected chi connectivity index (χ2v) is 6.27. The highest BCUT2D eigenvalue weighted by Crippen LogP contribution is 2.29. The summed E-state index contributed by atoms with van der Waals surface area (Å²) in [4.78, 5) is 0. The van der Waals surface area contributed by atoms with Crippen molar-refractivity contribution in [1.82, 2.24) is 0 Å². The molecule has 1 aromatic carbocycles. The number of nitrogen functional groups attached to an aromatic ring is 1. The van der Waals surface area contributed by atoms with Crippen LogP contribution in [0.3, 0.4) is 0 Å². The fourth-order valence-corrected chi connectivity index (χ4v) is 1.64. The molecule has 1 rings (SSSR count). The lowest BCUT2D eigenvalue weighted by molar-refractivity contribution is 0.231. The predicted molar refractivity (Wildman–Crippen MR) is 79.1 cm³/mol. The summed E-state index contributed by atoms with van der Waals surface area (Å²) >= 11 is 0. The van der Waals surface area contributed by atoms with Gasteiger partial charge in [0.05, 0.1) is 17.5 Å². The molecule has 3 nitrogen and oxygen atoms in total. The third-order valence-electron chi connectivity index (χ3n) is 2.66. The highest BCUT2D eigenvalue weighted by molar-refractivity contribution is 5.68. The molecule has 0 aliphatic heterocycles. The van der Waals surface area contributed by atoms with Gasteiger partial charge in [-0.05, 0) is 25.7 Å². The van der Waals surface area contributed by atoms with Crippen LogP contribution in [-0.2, 0) is 0 Å². The minimum absolute atomic E-state index is 0.0689. The monoisotopic (exact) mass is 268 g/mol. The van der Waals surface area contributed by atoms with Crippen molar-refractivity contribution < 1.29 is 9.13 Å². The van der Waals surface area contributed by atoms with Gasteiger partial charge in [-0.25, -0.2) is 4.39 Å². The Balaban J connectivity index is 2.77. The molecule has 0 spiro atoms. The van der Waals surface area contributed by atoms with Crippen molar-refractivity contribution in [2.75, 3.05) is 17.6 Å². The molecule has 0 heterocycles. The number of hydrogen-bond donors (Lipinski definition) is 2. The second-order valence-electron chi connectivity index (χ2n) is 6.27. The first kappa shape index (κ1) is 15.6. The number of anilines is 2. The van der Waals surface area contributed by atoms with Crippen LogP contribution in [0.25, 0.3) is 0 Å². The summed E-state index contributed by atoms with van der Waals surface area (Å²) in [5.74, 6) is -0.185. The highest BCUT2D eigenvalue weighted by atomic mass is 19.1. The Morgan fingerprint density at radius 2 is 1.95 bits per heavy atom. The summed E-state index contributed by atoms with van der Waals surface area (Å²) in [5.41, 5.74) is 7.19. The van der Waals surface area contributed by atoms with Gasteiger partial charge in [0.1, 0.15) is 0 Å². The van der Waals surface area contributed by atoms with Gasteiger partial charge in [-0.15, -0.1) is 0 Å². The lowest BCUT2D eigenvalue weighted by Gasteiger charge is -2.20. The van der Waals surface area contributed by atoms with E-state index in [1.54, 1.807) is 6.07 Å². The molecular formula is C15H25FN2O. The van der Waals surface area contributed by atoms with Crippen LogP contribution in [0, 0.1) is 11.2 Å². The van der Waals surface area contributed by atoms with Gasteiger partial charge >= 0.3 is 0 Å². The third kappa shape index (κ3) is 5.37. The van der Waals surface area contributed by atoms with E-state index in [9.17, 15) is 4.39 Å². The van der Waals surface area contributed by atoms with Crippen LogP contribution in [-0.4, -0.2) is 12.6 Å². The SMILES string of the molecule is CC(C)Oc1cc(NCCC(C)(C)C)c(N)cc1F. The van der Waals surface area contributed by atoms with Gasteiger partial charge in [-0.2, -0.15) is 0 Å². The average molecular weight is 268 g/mol. The van der Waals surface area contributed by atoms with Crippen molar-refractivity contribution in [2.45, 2.75) is 47.1 Å². The molecule has 3 N–H and O–H groups in total. The number of rotatable bonds is 5. The average Bonchev–Trinajstić information content (AvgIpc) is 2.22. The smallest absolute Gasteiger partial charge is 0.167 e. The Bertz CT molecular complexity index is 425. The first-order valence-electron chi connectivity index (χ1n) is 6.68. The quantitative estimate of drug-likeness (QED) is 0.792. The first-order chi connectivity index (χ1) is 8.69. The summed E-state index contributed by atoms with van der Waals surface area (Å²) < 4.78 is 19.1. The van der Waals surface area contributed by atoms with Crippen molar-refractivity contribution in [3.05, 3.63) is 17.9 Å². The Hall–Kier alpha value is -1.45. The largest absolute Gasteiger partial charge is 0.488 e. The number of halogens is 1. The summed E-state index contributed by atoms with van der Waals surface area (Å²) in [6, 6.07) is 2.93. The topological polar surface area (TPSA) is 47.3 Å². The second kappa shape index (κ2) is 6.13. The highest BCUT2D eigenvalue weighted by Gasteiger charge is 2.12. The standard InChI is InChI=1S/C15H25FN2O/c1-10(2)19-14-9-13(12(17)8-11(14)16)18-7-6-15(3,4)5/h8-10,18H,6-7,17H2,1-5H3. The van der Waals surface area contributed by atoms with Crippen LogP contribution in [0.2, 0.25) is 0 Å². The molecule has 108 valence electrons. The van der Waals surface area contributed by atoms with Crippen molar-refractivity contribution in [1.29, 1.82) is 0 Å². The van der Waals surface area contributed by atoms with Gasteiger partial charge in [-0.3, -0.25) is 0 Å². The van der Waals surface area contributed by atoms with E-state index in [2.05, 4.69) is 26.1 Å². The molecule has 0 bridgehead atoms. The number of ether oxygens (including phenoxy) is 1. The Morgan fingerprint density at radius 1 is 1.32 bits per heavy atom. The van der Waals surface area contributed by atoms with Crippen molar-refractivity contribution >= 4 is 11.4 Å². The van der Waals surface area contributed by atoms with E-state index in [1.807, 2.05) is 13.8 Å². The van der Waals surface area contributed by atoms with Crippen LogP contribution < -0.4 is 15.8 Å². The van der Waals surface area contributed by atoms with Crippen molar-refractivity contribution in [2.24, 2.45) is 5.41 Å². The van der Waals surface area contributed by atoms with E-state index in [4.69, 9.17) is 10.5 Å². The molecule has 0 aliphatic carbocycles. The molecule has 0 fully saturated rings. The van der Waals surface area contributed by atoms with Crippen LogP contribution in [0.15, 0.2) is 12.1 Å². The molecule has 0 saturated heterocycles. The van der Waals surface area contributed by atoms with E-state index in [-0.39, 0.29) is 17.3 Å². The summed E-state index contributed by atoms with van der Waals surface area (Å²) in [6.07, 6.45) is 0.935. The molecule has 19 heavy (non-hydrogen) atoms. The third-order valence-corrected chi connectivity index (χ3v) is 2.66. The van der Waals surface area contributed by atoms with Gasteiger partial charge < -0.3 is 15.8 Å². The molecular weight excluding hydrogens is 243 g/mol. The lowest BCUT2D eigenvalue weighted by atomic mass is 9.92. The van der Waals surface area contributed by atoms with E-state index >= 15 is 0 Å². The van der Waals surface area contributed by atoms with Crippen molar-refractivity contribution in [3.8, 4) is 5.75 Å². The zero-order chi connectivity index (χ0) is 14.6. The van der Waals surface area contributed by atoms with Crippen LogP contribution >= 0.6 is 0 Å². The predicted octanol–water partition coefficient (Wildman–Crippen LogP) is 4.04. The van der Waals surface area contributed by atoms with Gasteiger partial charge in [0.15, 0.2) is 11.6 Å². The Morgan fingerprint density at radius 3 is 2.47 bits per heavy atom. The number of benzene rings is 1. The first-order valence-corrected chi connectivity index (χ1v) is 6.68. The Labute approximate surface area is 115 Å². The molecule has 4 heteroatoms. The maximum absolute atomic E-state index is 13.7. The fraction of sp³-hybridized carbons (Fsp3) is 0.600. The maximum atomic E-state index is 13.7. The number of nitrogens with two attached hydrogens (primary N) is 1. The van der Waals surface area contributed by atoms with Gasteiger partial charge in [0, 0.05) is 18.7 Å². The molecule has 0 unspecified atom stereocenters. The van der Waals surface area contributed by atoms with Gasteiger partial charge in [0.2, 0.25) is 0 Å². The van der Waals surface area contributed by atoms with Gasteiger partial charge in [-0.1, -0.05) is 20.8 Å². The maximum Gasteiger partial charge on any atom is 0.167 e. The lowest BCUT2D eigenvalue weighted by Crippen LogP contribution is -2.14. The van der Waals surface area contributed by atoms with E-state index in [1.165, 1.54) is 6.07 Å².